The van der Waals surface area contributed by atoms with Gasteiger partial charge in [-0.25, -0.2) is 4.79 Å². The third-order valence-corrected chi connectivity index (χ3v) is 12.0. The van der Waals surface area contributed by atoms with Crippen LogP contribution in [0.15, 0.2) is 118 Å². The van der Waals surface area contributed by atoms with Gasteiger partial charge in [0.15, 0.2) is 26.9 Å². The van der Waals surface area contributed by atoms with Gasteiger partial charge in [0, 0.05) is 29.5 Å². The summed E-state index contributed by atoms with van der Waals surface area (Å²) in [5.74, 6) is 9.47. The van der Waals surface area contributed by atoms with E-state index in [2.05, 4.69) is 98.5 Å². The van der Waals surface area contributed by atoms with Crippen molar-refractivity contribution in [3.8, 4) is 17.6 Å². The van der Waals surface area contributed by atoms with Crippen molar-refractivity contribution in [2.45, 2.75) is 66.2 Å². The number of carbonyl (C=O) groups is 1. The first-order chi connectivity index (χ1) is 21.5. The average molecular weight is 600 g/mol. The Kier molecular flexibility index (Phi) is 8.00. The fourth-order valence-corrected chi connectivity index (χ4v) is 10.4. The maximum absolute atomic E-state index is 13.6. The van der Waals surface area contributed by atoms with E-state index in [-0.39, 0.29) is 23.5 Å². The zero-order valence-corrected chi connectivity index (χ0v) is 26.3. The summed E-state index contributed by atoms with van der Waals surface area (Å²) in [6.45, 7) is 4.02. The molecule has 4 fully saturated rings. The number of esters is 1. The molecule has 4 saturated carbocycles. The number of ether oxygens (including phenoxy) is 2. The molecule has 0 radical (unpaired) electrons. The summed E-state index contributed by atoms with van der Waals surface area (Å²) in [4.78, 5) is 17.4. The minimum absolute atomic E-state index is 0.120. The fourth-order valence-electron chi connectivity index (χ4n) is 8.10. The van der Waals surface area contributed by atoms with Crippen molar-refractivity contribution in [1.29, 1.82) is 0 Å². The topological polar surface area (TPSA) is 35.5 Å². The van der Waals surface area contributed by atoms with Gasteiger partial charge in [0.05, 0.1) is 10.9 Å². The zero-order chi connectivity index (χ0) is 30.1. The van der Waals surface area contributed by atoms with Crippen LogP contribution in [0.25, 0.3) is 0 Å². The Morgan fingerprint density at radius 2 is 1.23 bits per heavy atom. The Bertz CT molecular complexity index is 1600. The number of hydrogen-bond donors (Lipinski definition) is 0. The van der Waals surface area contributed by atoms with Crippen molar-refractivity contribution in [2.75, 3.05) is 6.61 Å². The second kappa shape index (κ2) is 12.2. The molecule has 4 aliphatic rings. The maximum Gasteiger partial charge on any atom is 0.345 e. The van der Waals surface area contributed by atoms with E-state index in [1.54, 1.807) is 0 Å². The first-order valence-corrected chi connectivity index (χ1v) is 17.1. The van der Waals surface area contributed by atoms with Crippen molar-refractivity contribution in [2.24, 2.45) is 23.7 Å². The van der Waals surface area contributed by atoms with E-state index in [0.717, 1.165) is 60.0 Å². The summed E-state index contributed by atoms with van der Waals surface area (Å²) in [7, 11) is -0.250. The van der Waals surface area contributed by atoms with Crippen LogP contribution in [0.2, 0.25) is 0 Å². The molecule has 8 rings (SSSR count). The van der Waals surface area contributed by atoms with E-state index in [1.807, 2.05) is 30.3 Å². The lowest BCUT2D eigenvalue weighted by Gasteiger charge is -2.58. The molecular formula is C40H39O3S+. The maximum atomic E-state index is 13.6. The lowest BCUT2D eigenvalue weighted by Crippen LogP contribution is -2.59. The van der Waals surface area contributed by atoms with Crippen LogP contribution in [0.1, 0.15) is 48.8 Å². The molecule has 222 valence electrons. The van der Waals surface area contributed by atoms with Crippen molar-refractivity contribution < 1.29 is 14.3 Å². The first kappa shape index (κ1) is 28.8. The van der Waals surface area contributed by atoms with Gasteiger partial charge in [-0.1, -0.05) is 60.5 Å². The van der Waals surface area contributed by atoms with E-state index in [4.69, 9.17) is 9.47 Å². The summed E-state index contributed by atoms with van der Waals surface area (Å²) >= 11 is 0. The van der Waals surface area contributed by atoms with E-state index in [0.29, 0.717) is 11.8 Å². The predicted molar refractivity (Wildman–Crippen MR) is 176 cm³/mol. The van der Waals surface area contributed by atoms with Crippen molar-refractivity contribution in [1.82, 2.24) is 0 Å². The van der Waals surface area contributed by atoms with Gasteiger partial charge in [-0.3, -0.25) is 0 Å². The average Bonchev–Trinajstić information content (AvgIpc) is 3.03. The van der Waals surface area contributed by atoms with Crippen LogP contribution in [0.5, 0.6) is 5.75 Å². The fraction of sp³-hybridized carbons (Fsp3) is 0.325. The first-order valence-electron chi connectivity index (χ1n) is 15.9. The third-order valence-electron chi connectivity index (χ3n) is 9.77. The second-order valence-corrected chi connectivity index (χ2v) is 14.8. The molecule has 0 saturated heterocycles. The molecule has 4 bridgehead atoms. The van der Waals surface area contributed by atoms with E-state index < -0.39 is 5.60 Å². The molecule has 0 unspecified atom stereocenters. The molecule has 0 heterocycles. The Morgan fingerprint density at radius 1 is 0.727 bits per heavy atom. The number of aryl methyl sites for hydroxylation is 2. The summed E-state index contributed by atoms with van der Waals surface area (Å²) in [5, 5.41) is 0. The molecule has 4 aromatic rings. The molecule has 0 atom stereocenters. The minimum Gasteiger partial charge on any atom is -0.481 e. The zero-order valence-electron chi connectivity index (χ0n) is 25.5. The molecule has 4 heteroatoms. The molecule has 3 nitrogen and oxygen atoms in total. The lowest BCUT2D eigenvalue weighted by atomic mass is 9.50. The Hall–Kier alpha value is -3.94. The van der Waals surface area contributed by atoms with Gasteiger partial charge >= 0.3 is 5.97 Å². The Balaban J connectivity index is 1.12. The molecule has 4 aromatic carbocycles. The summed E-state index contributed by atoms with van der Waals surface area (Å²) in [6, 6.07) is 35.8. The lowest BCUT2D eigenvalue weighted by molar-refractivity contribution is -0.191. The summed E-state index contributed by atoms with van der Waals surface area (Å²) in [6.07, 6.45) is 5.75. The normalized spacial score (nSPS) is 24.9. The minimum atomic E-state index is -0.725. The molecule has 4 aliphatic carbocycles. The molecule has 0 N–H and O–H groups in total. The molecular weight excluding hydrogens is 561 g/mol. The monoisotopic (exact) mass is 599 g/mol. The van der Waals surface area contributed by atoms with Gasteiger partial charge in [-0.2, -0.15) is 0 Å². The predicted octanol–water partition coefficient (Wildman–Crippen LogP) is 8.57. The smallest absolute Gasteiger partial charge is 0.345 e. The quantitative estimate of drug-likeness (QED) is 0.121. The van der Waals surface area contributed by atoms with Crippen LogP contribution in [-0.2, 0) is 20.4 Å². The van der Waals surface area contributed by atoms with Crippen LogP contribution in [-0.4, -0.2) is 18.2 Å². The standard InChI is InChI=1S/C40H39O3S/c1-28-20-37(44(35-14-8-4-9-15-35)36-16-10-5-11-17-36)21-29(2)39(28)42-27-38(41)43-40(19-18-30-12-6-3-7-13-30)33-23-31-22-32(25-33)26-34(40)24-31/h3-17,20-21,31-34H,22-27H2,1-2H3/q+1. The van der Waals surface area contributed by atoms with Crippen LogP contribution < -0.4 is 4.74 Å². The van der Waals surface area contributed by atoms with Crippen molar-refractivity contribution in [3.63, 3.8) is 0 Å². The highest BCUT2D eigenvalue weighted by atomic mass is 32.2. The SMILES string of the molecule is Cc1cc([S+](c2ccccc2)c2ccccc2)cc(C)c1OCC(=O)OC1(C#Cc2ccccc2)C2CC3CC(C2)CC1C3. The van der Waals surface area contributed by atoms with E-state index >= 15 is 0 Å². The van der Waals surface area contributed by atoms with Crippen LogP contribution in [0, 0.1) is 49.4 Å². The number of benzene rings is 4. The summed E-state index contributed by atoms with van der Waals surface area (Å²) in [5.41, 5.74) is 2.28. The Morgan fingerprint density at radius 3 is 1.75 bits per heavy atom. The number of rotatable bonds is 7. The van der Waals surface area contributed by atoms with Crippen molar-refractivity contribution >= 4 is 16.9 Å². The molecule has 0 amide bonds. The molecule has 44 heavy (non-hydrogen) atoms. The molecule has 0 aliphatic heterocycles. The van der Waals surface area contributed by atoms with E-state index in [1.165, 1.54) is 21.1 Å². The number of hydrogen-bond acceptors (Lipinski definition) is 3. The Labute approximate surface area is 264 Å². The largest absolute Gasteiger partial charge is 0.481 e. The van der Waals surface area contributed by atoms with Crippen LogP contribution >= 0.6 is 0 Å². The van der Waals surface area contributed by atoms with Gasteiger partial charge in [0.25, 0.3) is 0 Å². The number of carbonyl (C=O) groups excluding carboxylic acids is 1. The summed E-state index contributed by atoms with van der Waals surface area (Å²) < 4.78 is 12.7. The van der Waals surface area contributed by atoms with Gasteiger partial charge in [-0.05, 0) is 111 Å². The third kappa shape index (κ3) is 5.66. The van der Waals surface area contributed by atoms with Gasteiger partial charge in [-0.15, -0.1) is 0 Å². The van der Waals surface area contributed by atoms with Gasteiger partial charge < -0.3 is 9.47 Å². The highest BCUT2D eigenvalue weighted by Crippen LogP contribution is 2.59. The van der Waals surface area contributed by atoms with Gasteiger partial charge in [0.2, 0.25) is 0 Å². The molecule has 0 spiro atoms. The van der Waals surface area contributed by atoms with Crippen LogP contribution in [0.3, 0.4) is 0 Å². The van der Waals surface area contributed by atoms with Crippen molar-refractivity contribution in [3.05, 3.63) is 120 Å². The second-order valence-electron chi connectivity index (χ2n) is 12.8. The van der Waals surface area contributed by atoms with Crippen LogP contribution in [0.4, 0.5) is 0 Å². The molecule has 0 aromatic heterocycles. The highest BCUT2D eigenvalue weighted by molar-refractivity contribution is 7.97. The highest BCUT2D eigenvalue weighted by Gasteiger charge is 2.59. The van der Waals surface area contributed by atoms with Gasteiger partial charge in [0.1, 0.15) is 5.75 Å². The van der Waals surface area contributed by atoms with E-state index in [9.17, 15) is 4.79 Å².